The summed E-state index contributed by atoms with van der Waals surface area (Å²) in [6.07, 6.45) is -0.0244. The van der Waals surface area contributed by atoms with Gasteiger partial charge in [-0.15, -0.1) is 0 Å². The van der Waals surface area contributed by atoms with Crippen LogP contribution < -0.4 is 11.1 Å². The average Bonchev–Trinajstić information content (AvgIpc) is 2.47. The van der Waals surface area contributed by atoms with Crippen molar-refractivity contribution in [2.75, 3.05) is 17.6 Å². The molecule has 102 valence electrons. The minimum atomic E-state index is -0.569. The van der Waals surface area contributed by atoms with Crippen molar-refractivity contribution in [3.8, 4) is 6.07 Å². The molecule has 2 aromatic rings. The molecule has 0 saturated heterocycles. The molecule has 4 nitrogen and oxygen atoms in total. The molecule has 0 amide bonds. The van der Waals surface area contributed by atoms with Crippen LogP contribution in [0.2, 0.25) is 0 Å². The molecule has 0 bridgehead atoms. The number of nitrogens with zero attached hydrogens (tertiary/aromatic N) is 1. The fourth-order valence-corrected chi connectivity index (χ4v) is 2.01. The third-order valence-electron chi connectivity index (χ3n) is 3.08. The summed E-state index contributed by atoms with van der Waals surface area (Å²) in [5.74, 6) is 0. The molecule has 1 atom stereocenters. The first-order valence-corrected chi connectivity index (χ1v) is 6.47. The summed E-state index contributed by atoms with van der Waals surface area (Å²) in [7, 11) is 0. The number of hydrogen-bond donors (Lipinski definition) is 3. The monoisotopic (exact) mass is 267 g/mol. The van der Waals surface area contributed by atoms with Gasteiger partial charge in [-0.3, -0.25) is 0 Å². The maximum Gasteiger partial charge on any atom is 0.101 e. The zero-order chi connectivity index (χ0) is 14.4. The van der Waals surface area contributed by atoms with Gasteiger partial charge in [-0.1, -0.05) is 24.3 Å². The number of rotatable bonds is 5. The zero-order valence-electron chi connectivity index (χ0n) is 11.1. The lowest BCUT2D eigenvalue weighted by Crippen LogP contribution is -2.08. The smallest absolute Gasteiger partial charge is 0.101 e. The third-order valence-corrected chi connectivity index (χ3v) is 3.08. The summed E-state index contributed by atoms with van der Waals surface area (Å²) in [4.78, 5) is 0. The van der Waals surface area contributed by atoms with Crippen molar-refractivity contribution in [3.63, 3.8) is 0 Å². The Morgan fingerprint density at radius 3 is 2.75 bits per heavy atom. The molecule has 4 N–H and O–H groups in total. The number of nitrogens with two attached hydrogens (primary N) is 1. The molecule has 0 saturated carbocycles. The van der Waals surface area contributed by atoms with Gasteiger partial charge in [-0.05, 0) is 36.2 Å². The Labute approximate surface area is 118 Å². The van der Waals surface area contributed by atoms with Crippen molar-refractivity contribution >= 4 is 11.4 Å². The van der Waals surface area contributed by atoms with Crippen LogP contribution in [0, 0.1) is 11.3 Å². The van der Waals surface area contributed by atoms with Crippen molar-refractivity contribution in [3.05, 3.63) is 59.7 Å². The van der Waals surface area contributed by atoms with E-state index >= 15 is 0 Å². The molecule has 0 aliphatic heterocycles. The van der Waals surface area contributed by atoms with Crippen LogP contribution >= 0.6 is 0 Å². The predicted molar refractivity (Wildman–Crippen MR) is 80.1 cm³/mol. The number of benzene rings is 2. The second-order valence-electron chi connectivity index (χ2n) is 4.56. The Morgan fingerprint density at radius 1 is 1.20 bits per heavy atom. The van der Waals surface area contributed by atoms with Crippen molar-refractivity contribution < 1.29 is 5.11 Å². The average molecular weight is 267 g/mol. The summed E-state index contributed by atoms with van der Waals surface area (Å²) >= 11 is 0. The quantitative estimate of drug-likeness (QED) is 0.727. The minimum absolute atomic E-state index is 0.545. The summed E-state index contributed by atoms with van der Waals surface area (Å²) in [6.45, 7) is 0.578. The molecule has 0 aliphatic rings. The molecule has 20 heavy (non-hydrogen) atoms. The lowest BCUT2D eigenvalue weighted by Gasteiger charge is -2.13. The molecule has 2 rings (SSSR count). The van der Waals surface area contributed by atoms with E-state index in [0.717, 1.165) is 11.3 Å². The number of nitrogen functional groups attached to an aromatic ring is 1. The van der Waals surface area contributed by atoms with Crippen molar-refractivity contribution in [2.24, 2.45) is 0 Å². The molecule has 0 aliphatic carbocycles. The predicted octanol–water partition coefficient (Wildman–Crippen LogP) is 2.68. The first-order chi connectivity index (χ1) is 9.70. The maximum atomic E-state index is 10.1. The van der Waals surface area contributed by atoms with Gasteiger partial charge in [-0.25, -0.2) is 0 Å². The van der Waals surface area contributed by atoms with Crippen LogP contribution in [0.5, 0.6) is 0 Å². The lowest BCUT2D eigenvalue weighted by molar-refractivity contribution is 0.171. The van der Waals surface area contributed by atoms with Crippen LogP contribution in [0.25, 0.3) is 0 Å². The topological polar surface area (TPSA) is 82.1 Å². The molecule has 1 unspecified atom stereocenters. The summed E-state index contributed by atoms with van der Waals surface area (Å²) in [5.41, 5.74) is 8.53. The molecule has 0 aromatic heterocycles. The SMILES string of the molecule is N#Cc1ccccc1NCCC(O)c1cccc(N)c1. The highest BCUT2D eigenvalue weighted by molar-refractivity contribution is 5.57. The van der Waals surface area contributed by atoms with Crippen molar-refractivity contribution in [1.82, 2.24) is 0 Å². The Hall–Kier alpha value is -2.51. The molecule has 0 heterocycles. The second-order valence-corrected chi connectivity index (χ2v) is 4.56. The first-order valence-electron chi connectivity index (χ1n) is 6.47. The van der Waals surface area contributed by atoms with E-state index in [9.17, 15) is 5.11 Å². The van der Waals surface area contributed by atoms with Crippen LogP contribution in [-0.2, 0) is 0 Å². The van der Waals surface area contributed by atoms with E-state index in [4.69, 9.17) is 11.0 Å². The van der Waals surface area contributed by atoms with Crippen LogP contribution in [0.3, 0.4) is 0 Å². The van der Waals surface area contributed by atoms with E-state index in [1.807, 2.05) is 30.3 Å². The maximum absolute atomic E-state index is 10.1. The van der Waals surface area contributed by atoms with Crippen LogP contribution in [0.15, 0.2) is 48.5 Å². The van der Waals surface area contributed by atoms with Gasteiger partial charge < -0.3 is 16.2 Å². The highest BCUT2D eigenvalue weighted by atomic mass is 16.3. The molecule has 0 radical (unpaired) electrons. The summed E-state index contributed by atoms with van der Waals surface area (Å²) in [6, 6.07) is 16.7. The van der Waals surface area contributed by atoms with Gasteiger partial charge in [0.05, 0.1) is 17.4 Å². The summed E-state index contributed by atoms with van der Waals surface area (Å²) in [5, 5.41) is 22.2. The van der Waals surface area contributed by atoms with E-state index in [1.54, 1.807) is 18.2 Å². The van der Waals surface area contributed by atoms with Gasteiger partial charge in [0.25, 0.3) is 0 Å². The number of hydrogen-bond acceptors (Lipinski definition) is 4. The van der Waals surface area contributed by atoms with Gasteiger partial charge in [0.1, 0.15) is 6.07 Å². The van der Waals surface area contributed by atoms with Gasteiger partial charge in [0, 0.05) is 12.2 Å². The van der Waals surface area contributed by atoms with E-state index in [0.29, 0.717) is 24.2 Å². The molecule has 0 fully saturated rings. The summed E-state index contributed by atoms with van der Waals surface area (Å²) < 4.78 is 0. The molecule has 4 heteroatoms. The highest BCUT2D eigenvalue weighted by Gasteiger charge is 2.08. The van der Waals surface area contributed by atoms with E-state index in [2.05, 4.69) is 11.4 Å². The highest BCUT2D eigenvalue weighted by Crippen LogP contribution is 2.20. The number of aliphatic hydroxyl groups excluding tert-OH is 1. The second kappa shape index (κ2) is 6.60. The first kappa shape index (κ1) is 13.9. The fraction of sp³-hybridized carbons (Fsp3) is 0.188. The zero-order valence-corrected chi connectivity index (χ0v) is 11.1. The Bertz CT molecular complexity index is 619. The van der Waals surface area contributed by atoms with Crippen molar-refractivity contribution in [1.29, 1.82) is 5.26 Å². The van der Waals surface area contributed by atoms with Gasteiger partial charge in [-0.2, -0.15) is 5.26 Å². The van der Waals surface area contributed by atoms with Crippen LogP contribution in [0.1, 0.15) is 23.7 Å². The molecular weight excluding hydrogens is 250 g/mol. The lowest BCUT2D eigenvalue weighted by atomic mass is 10.1. The van der Waals surface area contributed by atoms with E-state index in [-0.39, 0.29) is 0 Å². The largest absolute Gasteiger partial charge is 0.399 e. The minimum Gasteiger partial charge on any atom is -0.399 e. The Balaban J connectivity index is 1.91. The van der Waals surface area contributed by atoms with E-state index in [1.165, 1.54) is 0 Å². The fourth-order valence-electron chi connectivity index (χ4n) is 2.01. The molecular formula is C16H17N3O. The van der Waals surface area contributed by atoms with E-state index < -0.39 is 6.10 Å². The normalized spacial score (nSPS) is 11.6. The third kappa shape index (κ3) is 3.50. The van der Waals surface area contributed by atoms with Gasteiger partial charge >= 0.3 is 0 Å². The Kier molecular flexibility index (Phi) is 4.59. The number of aliphatic hydroxyl groups is 1. The molecule has 0 spiro atoms. The Morgan fingerprint density at radius 2 is 2.00 bits per heavy atom. The number of nitriles is 1. The number of anilines is 2. The van der Waals surface area contributed by atoms with Crippen LogP contribution in [-0.4, -0.2) is 11.7 Å². The standard InChI is InChI=1S/C16H17N3O/c17-11-13-4-1-2-7-15(13)19-9-8-16(20)12-5-3-6-14(18)10-12/h1-7,10,16,19-20H,8-9,18H2. The molecule has 2 aromatic carbocycles. The van der Waals surface area contributed by atoms with Gasteiger partial charge in [0.15, 0.2) is 0 Å². The number of para-hydroxylation sites is 1. The van der Waals surface area contributed by atoms with Gasteiger partial charge in [0.2, 0.25) is 0 Å². The van der Waals surface area contributed by atoms with Crippen molar-refractivity contribution in [2.45, 2.75) is 12.5 Å². The number of nitrogens with one attached hydrogen (secondary N) is 1. The van der Waals surface area contributed by atoms with Crippen LogP contribution in [0.4, 0.5) is 11.4 Å².